The minimum Gasteiger partial charge on any atom is -0.459 e. The summed E-state index contributed by atoms with van der Waals surface area (Å²) in [6.07, 6.45) is 20.9. The molecule has 36 heavy (non-hydrogen) atoms. The van der Waals surface area contributed by atoms with E-state index in [1.54, 1.807) is 32.9 Å². The third-order valence-electron chi connectivity index (χ3n) is 5.92. The van der Waals surface area contributed by atoms with E-state index < -0.39 is 33.7 Å². The van der Waals surface area contributed by atoms with Gasteiger partial charge in [0.15, 0.2) is 5.25 Å². The number of rotatable bonds is 18. The SMILES string of the molecule is CCCCC/C=C\C/C=C\CCCCCCC[C@@H](O)C(C(=O)OC(C)(C)C)[S@@](=O)c1ccc(C)cc1. The van der Waals surface area contributed by atoms with E-state index in [-0.39, 0.29) is 0 Å². The van der Waals surface area contributed by atoms with Gasteiger partial charge in [-0.25, -0.2) is 0 Å². The predicted molar refractivity (Wildman–Crippen MR) is 153 cm³/mol. The zero-order valence-electron chi connectivity index (χ0n) is 23.3. The Morgan fingerprint density at radius 3 is 2.06 bits per heavy atom. The van der Waals surface area contributed by atoms with Crippen LogP contribution in [0.1, 0.15) is 110 Å². The maximum atomic E-state index is 13.2. The topological polar surface area (TPSA) is 63.6 Å². The number of allylic oxidation sites excluding steroid dienone is 4. The number of aryl methyl sites for hydroxylation is 1. The van der Waals surface area contributed by atoms with Crippen molar-refractivity contribution in [3.05, 3.63) is 54.1 Å². The van der Waals surface area contributed by atoms with Crippen molar-refractivity contribution in [1.82, 2.24) is 0 Å². The minimum atomic E-state index is -1.68. The Morgan fingerprint density at radius 1 is 0.917 bits per heavy atom. The van der Waals surface area contributed by atoms with Crippen LogP contribution in [0.15, 0.2) is 53.5 Å². The maximum absolute atomic E-state index is 13.2. The van der Waals surface area contributed by atoms with Gasteiger partial charge in [0.25, 0.3) is 0 Å². The Hall–Kier alpha value is -1.72. The fourth-order valence-electron chi connectivity index (χ4n) is 3.88. The number of ether oxygens (including phenoxy) is 1. The van der Waals surface area contributed by atoms with Crippen LogP contribution in [0.3, 0.4) is 0 Å². The zero-order chi connectivity index (χ0) is 26.8. The fraction of sp³-hybridized carbons (Fsp3) is 0.645. The summed E-state index contributed by atoms with van der Waals surface area (Å²) in [6.45, 7) is 9.53. The Bertz CT molecular complexity index is 805. The molecule has 0 aromatic heterocycles. The third kappa shape index (κ3) is 14.7. The predicted octanol–water partition coefficient (Wildman–Crippen LogP) is 7.99. The normalized spacial score (nSPS) is 14.8. The molecule has 0 saturated carbocycles. The lowest BCUT2D eigenvalue weighted by Gasteiger charge is -2.26. The summed E-state index contributed by atoms with van der Waals surface area (Å²) in [7, 11) is -1.68. The Kier molecular flexibility index (Phi) is 16.6. The van der Waals surface area contributed by atoms with Gasteiger partial charge in [0, 0.05) is 4.90 Å². The molecule has 1 aromatic carbocycles. The lowest BCUT2D eigenvalue weighted by Crippen LogP contribution is -2.42. The van der Waals surface area contributed by atoms with Crippen LogP contribution < -0.4 is 0 Å². The highest BCUT2D eigenvalue weighted by atomic mass is 32.2. The summed E-state index contributed by atoms with van der Waals surface area (Å²) in [4.78, 5) is 13.4. The first-order valence-corrected chi connectivity index (χ1v) is 15.0. The van der Waals surface area contributed by atoms with Crippen molar-refractivity contribution in [2.45, 2.75) is 134 Å². The van der Waals surface area contributed by atoms with E-state index in [1.807, 2.05) is 19.1 Å². The molecule has 4 nitrogen and oxygen atoms in total. The monoisotopic (exact) mass is 518 g/mol. The Balaban J connectivity index is 2.39. The van der Waals surface area contributed by atoms with Crippen molar-refractivity contribution in [1.29, 1.82) is 0 Å². The van der Waals surface area contributed by atoms with Gasteiger partial charge in [-0.15, -0.1) is 0 Å². The quantitative estimate of drug-likeness (QED) is 0.121. The smallest absolute Gasteiger partial charge is 0.325 e. The molecule has 0 saturated heterocycles. The number of carbonyl (C=O) groups excluding carboxylic acids is 1. The second-order valence-electron chi connectivity index (χ2n) is 10.7. The summed E-state index contributed by atoms with van der Waals surface area (Å²) in [5, 5.41) is 9.77. The van der Waals surface area contributed by atoms with Crippen LogP contribution in [0.25, 0.3) is 0 Å². The van der Waals surface area contributed by atoms with E-state index in [9.17, 15) is 14.1 Å². The minimum absolute atomic E-state index is 0.437. The van der Waals surface area contributed by atoms with E-state index in [0.717, 1.165) is 50.5 Å². The van der Waals surface area contributed by atoms with Crippen molar-refractivity contribution in [2.24, 2.45) is 0 Å². The Morgan fingerprint density at radius 2 is 1.47 bits per heavy atom. The molecule has 0 amide bonds. The first kappa shape index (κ1) is 32.3. The van der Waals surface area contributed by atoms with Crippen LogP contribution in [0.5, 0.6) is 0 Å². The molecule has 1 rings (SSSR count). The zero-order valence-corrected chi connectivity index (χ0v) is 24.2. The lowest BCUT2D eigenvalue weighted by atomic mass is 10.0. The molecule has 0 radical (unpaired) electrons. The number of unbranched alkanes of at least 4 members (excludes halogenated alkanes) is 8. The van der Waals surface area contributed by atoms with Gasteiger partial charge in [-0.1, -0.05) is 87.4 Å². The van der Waals surface area contributed by atoms with Crippen LogP contribution in [0, 0.1) is 6.92 Å². The number of benzene rings is 1. The summed E-state index contributed by atoms with van der Waals surface area (Å²) >= 11 is 0. The van der Waals surface area contributed by atoms with E-state index in [2.05, 4.69) is 31.2 Å². The molecule has 0 aliphatic heterocycles. The molecule has 3 atom stereocenters. The molecule has 0 aliphatic carbocycles. The van der Waals surface area contributed by atoms with Gasteiger partial charge in [-0.2, -0.15) is 0 Å². The number of aliphatic hydroxyl groups is 1. The molecule has 0 fully saturated rings. The van der Waals surface area contributed by atoms with Gasteiger partial charge in [0.2, 0.25) is 0 Å². The highest BCUT2D eigenvalue weighted by molar-refractivity contribution is 7.86. The molecular formula is C31H50O4S. The number of carbonyl (C=O) groups is 1. The van der Waals surface area contributed by atoms with Gasteiger partial charge in [-0.3, -0.25) is 9.00 Å². The van der Waals surface area contributed by atoms with Crippen molar-refractivity contribution in [3.8, 4) is 0 Å². The Labute approximate surface area is 223 Å². The van der Waals surface area contributed by atoms with E-state index in [1.165, 1.54) is 25.7 Å². The van der Waals surface area contributed by atoms with Gasteiger partial charge in [0.1, 0.15) is 5.60 Å². The molecule has 1 N–H and O–H groups in total. The van der Waals surface area contributed by atoms with E-state index >= 15 is 0 Å². The van der Waals surface area contributed by atoms with Gasteiger partial charge < -0.3 is 9.84 Å². The molecule has 204 valence electrons. The van der Waals surface area contributed by atoms with Crippen molar-refractivity contribution >= 4 is 16.8 Å². The number of aliphatic hydroxyl groups excluding tert-OH is 1. The van der Waals surface area contributed by atoms with Crippen LogP contribution >= 0.6 is 0 Å². The van der Waals surface area contributed by atoms with Gasteiger partial charge >= 0.3 is 5.97 Å². The van der Waals surface area contributed by atoms with Gasteiger partial charge in [-0.05, 0) is 78.4 Å². The average Bonchev–Trinajstić information content (AvgIpc) is 2.81. The largest absolute Gasteiger partial charge is 0.459 e. The third-order valence-corrected chi connectivity index (χ3v) is 7.63. The fourth-order valence-corrected chi connectivity index (χ4v) is 5.22. The standard InChI is InChI=1S/C31H50O4S/c1-6-7-8-9-10-11-12-13-14-15-16-17-18-19-20-21-28(32)29(30(33)35-31(3,4)5)36(34)27-24-22-26(2)23-25-27/h10-11,13-14,22-25,28-29,32H,6-9,12,15-21H2,1-5H3/b11-10-,14-13-/t28-,29?,36+/m1/s1. The molecule has 5 heteroatoms. The van der Waals surface area contributed by atoms with E-state index in [0.29, 0.717) is 11.3 Å². The van der Waals surface area contributed by atoms with Crippen molar-refractivity contribution in [2.75, 3.05) is 0 Å². The summed E-state index contributed by atoms with van der Waals surface area (Å²) in [5.74, 6) is -0.600. The average molecular weight is 519 g/mol. The van der Waals surface area contributed by atoms with Crippen molar-refractivity contribution in [3.63, 3.8) is 0 Å². The molecule has 0 heterocycles. The molecular weight excluding hydrogens is 468 g/mol. The number of esters is 1. The first-order chi connectivity index (χ1) is 17.2. The molecule has 0 aliphatic rings. The highest BCUT2D eigenvalue weighted by Crippen LogP contribution is 2.22. The molecule has 1 unspecified atom stereocenters. The second kappa shape index (κ2) is 18.5. The molecule has 1 aromatic rings. The lowest BCUT2D eigenvalue weighted by molar-refractivity contribution is -0.156. The summed E-state index contributed by atoms with van der Waals surface area (Å²) in [6, 6.07) is 7.25. The van der Waals surface area contributed by atoms with Crippen LogP contribution in [0.2, 0.25) is 0 Å². The summed E-state index contributed by atoms with van der Waals surface area (Å²) in [5.41, 5.74) is 0.349. The first-order valence-electron chi connectivity index (χ1n) is 13.8. The number of hydrogen-bond donors (Lipinski definition) is 1. The van der Waals surface area contributed by atoms with E-state index in [4.69, 9.17) is 4.74 Å². The molecule has 0 spiro atoms. The van der Waals surface area contributed by atoms with Gasteiger partial charge in [0.05, 0.1) is 16.9 Å². The maximum Gasteiger partial charge on any atom is 0.325 e. The highest BCUT2D eigenvalue weighted by Gasteiger charge is 2.36. The van der Waals surface area contributed by atoms with Crippen LogP contribution in [-0.2, 0) is 20.3 Å². The van der Waals surface area contributed by atoms with Crippen LogP contribution in [-0.4, -0.2) is 32.2 Å². The molecule has 0 bridgehead atoms. The summed E-state index contributed by atoms with van der Waals surface area (Å²) < 4.78 is 18.7. The number of hydrogen-bond acceptors (Lipinski definition) is 4. The second-order valence-corrected chi connectivity index (χ2v) is 12.2. The van der Waals surface area contributed by atoms with Crippen molar-refractivity contribution < 1.29 is 18.8 Å². The van der Waals surface area contributed by atoms with Crippen LogP contribution in [0.4, 0.5) is 0 Å².